The topological polar surface area (TPSA) is 84.0 Å². The number of anilines is 1. The Kier molecular flexibility index (Phi) is 3.58. The van der Waals surface area contributed by atoms with E-state index in [1.54, 1.807) is 0 Å². The fraction of sp³-hybridized carbons (Fsp3) is 0.600. The summed E-state index contributed by atoms with van der Waals surface area (Å²) in [6.07, 6.45) is 1.42. The average Bonchev–Trinajstić information content (AvgIpc) is 2.57. The van der Waals surface area contributed by atoms with Crippen molar-refractivity contribution in [3.63, 3.8) is 0 Å². The van der Waals surface area contributed by atoms with Crippen LogP contribution in [0.3, 0.4) is 0 Å². The van der Waals surface area contributed by atoms with Crippen molar-refractivity contribution < 1.29 is 8.42 Å². The van der Waals surface area contributed by atoms with Gasteiger partial charge in [-0.1, -0.05) is 0 Å². The van der Waals surface area contributed by atoms with Crippen LogP contribution in [0.15, 0.2) is 6.33 Å². The van der Waals surface area contributed by atoms with E-state index in [0.29, 0.717) is 11.7 Å². The lowest BCUT2D eigenvalue weighted by Gasteiger charge is -2.02. The Balaban J connectivity index is 2.30. The highest BCUT2D eigenvalue weighted by atomic mass is 32.2. The van der Waals surface area contributed by atoms with Crippen LogP contribution in [0.1, 0.15) is 0 Å². The number of nitrogens with zero attached hydrogens (tertiary/aromatic N) is 2. The molecule has 0 aromatic carbocycles. The molecule has 0 saturated carbocycles. The van der Waals surface area contributed by atoms with Crippen LogP contribution in [0.4, 0.5) is 5.13 Å². The molecule has 1 aromatic heterocycles. The molecule has 2 N–H and O–H groups in total. The van der Waals surface area contributed by atoms with Crippen molar-refractivity contribution >= 4 is 26.7 Å². The quantitative estimate of drug-likeness (QED) is 0.701. The summed E-state index contributed by atoms with van der Waals surface area (Å²) in [5.41, 5.74) is 0. The third-order valence-corrected chi connectivity index (χ3v) is 3.31. The van der Waals surface area contributed by atoms with Crippen LogP contribution in [0.2, 0.25) is 0 Å². The molecular formula is C5H10N4O2S2. The highest BCUT2D eigenvalue weighted by Crippen LogP contribution is 2.05. The van der Waals surface area contributed by atoms with E-state index < -0.39 is 10.0 Å². The molecule has 1 heterocycles. The molecule has 6 nitrogen and oxygen atoms in total. The van der Waals surface area contributed by atoms with Gasteiger partial charge in [-0.25, -0.2) is 18.1 Å². The van der Waals surface area contributed by atoms with Crippen LogP contribution < -0.4 is 10.0 Å². The Hall–Kier alpha value is -0.730. The van der Waals surface area contributed by atoms with Gasteiger partial charge in [-0.2, -0.15) is 4.37 Å². The van der Waals surface area contributed by atoms with Gasteiger partial charge in [-0.05, 0) is 7.05 Å². The molecule has 0 saturated heterocycles. The molecule has 0 aliphatic heterocycles. The third-order valence-electron chi connectivity index (χ3n) is 1.32. The summed E-state index contributed by atoms with van der Waals surface area (Å²) in [6, 6.07) is 0. The van der Waals surface area contributed by atoms with Gasteiger partial charge in [0.25, 0.3) is 0 Å². The summed E-state index contributed by atoms with van der Waals surface area (Å²) in [4.78, 5) is 3.84. The van der Waals surface area contributed by atoms with Gasteiger partial charge in [-0.3, -0.25) is 0 Å². The van der Waals surface area contributed by atoms with E-state index >= 15 is 0 Å². The minimum atomic E-state index is -3.13. The molecule has 1 aromatic rings. The highest BCUT2D eigenvalue weighted by molar-refractivity contribution is 7.89. The fourth-order valence-electron chi connectivity index (χ4n) is 0.645. The zero-order valence-corrected chi connectivity index (χ0v) is 8.65. The van der Waals surface area contributed by atoms with Gasteiger partial charge in [0.05, 0.1) is 5.75 Å². The fourth-order valence-corrected chi connectivity index (χ4v) is 1.68. The Bertz CT molecular complexity index is 333. The number of nitrogens with one attached hydrogen (secondary N) is 2. The molecule has 0 bridgehead atoms. The minimum Gasteiger partial charge on any atom is -0.359 e. The maximum atomic E-state index is 10.9. The first kappa shape index (κ1) is 10.4. The second-order valence-electron chi connectivity index (χ2n) is 2.20. The van der Waals surface area contributed by atoms with Crippen LogP contribution >= 0.6 is 11.5 Å². The van der Waals surface area contributed by atoms with Gasteiger partial charge >= 0.3 is 0 Å². The second-order valence-corrected chi connectivity index (χ2v) is 5.02. The lowest BCUT2D eigenvalue weighted by atomic mass is 10.7. The summed E-state index contributed by atoms with van der Waals surface area (Å²) in [5.74, 6) is 0.0308. The SMILES string of the molecule is CNS(=O)(=O)CCNc1ncns1. The summed E-state index contributed by atoms with van der Waals surface area (Å²) in [6.45, 7) is 0.332. The van der Waals surface area contributed by atoms with Crippen molar-refractivity contribution in [3.05, 3.63) is 6.33 Å². The molecule has 0 radical (unpaired) electrons. The van der Waals surface area contributed by atoms with E-state index in [1.165, 1.54) is 24.9 Å². The summed E-state index contributed by atoms with van der Waals surface area (Å²) in [7, 11) is -1.74. The Morgan fingerprint density at radius 3 is 2.92 bits per heavy atom. The summed E-state index contributed by atoms with van der Waals surface area (Å²) < 4.78 is 27.9. The summed E-state index contributed by atoms with van der Waals surface area (Å²) in [5, 5.41) is 3.47. The molecule has 0 unspecified atom stereocenters. The first-order chi connectivity index (χ1) is 6.14. The van der Waals surface area contributed by atoms with Crippen LogP contribution in [0.5, 0.6) is 0 Å². The van der Waals surface area contributed by atoms with Crippen LogP contribution in [-0.4, -0.2) is 37.1 Å². The van der Waals surface area contributed by atoms with Gasteiger partial charge in [0.1, 0.15) is 6.33 Å². The van der Waals surface area contributed by atoms with Crippen molar-refractivity contribution in [1.82, 2.24) is 14.1 Å². The molecule has 0 atom stereocenters. The second kappa shape index (κ2) is 4.49. The molecular weight excluding hydrogens is 212 g/mol. The largest absolute Gasteiger partial charge is 0.359 e. The summed E-state index contributed by atoms with van der Waals surface area (Å²) >= 11 is 1.19. The maximum absolute atomic E-state index is 10.9. The monoisotopic (exact) mass is 222 g/mol. The van der Waals surface area contributed by atoms with E-state index in [2.05, 4.69) is 19.4 Å². The van der Waals surface area contributed by atoms with Crippen molar-refractivity contribution in [2.75, 3.05) is 24.7 Å². The van der Waals surface area contributed by atoms with E-state index in [0.717, 1.165) is 0 Å². The Labute approximate surface area is 80.6 Å². The van der Waals surface area contributed by atoms with Crippen molar-refractivity contribution in [2.24, 2.45) is 0 Å². The number of hydrogen-bond acceptors (Lipinski definition) is 6. The first-order valence-corrected chi connectivity index (χ1v) is 5.98. The van der Waals surface area contributed by atoms with E-state index in [-0.39, 0.29) is 5.75 Å². The number of sulfonamides is 1. The molecule has 0 spiro atoms. The Morgan fingerprint density at radius 2 is 2.38 bits per heavy atom. The lowest BCUT2D eigenvalue weighted by Crippen LogP contribution is -2.26. The van der Waals surface area contributed by atoms with Crippen LogP contribution in [-0.2, 0) is 10.0 Å². The van der Waals surface area contributed by atoms with Gasteiger partial charge in [-0.15, -0.1) is 0 Å². The van der Waals surface area contributed by atoms with Gasteiger partial charge < -0.3 is 5.32 Å². The highest BCUT2D eigenvalue weighted by Gasteiger charge is 2.05. The van der Waals surface area contributed by atoms with Gasteiger partial charge in [0, 0.05) is 18.1 Å². The standard InChI is InChI=1S/C5H10N4O2S2/c1-6-13(10,11)3-2-7-5-8-4-9-12-5/h4,6H,2-3H2,1H3,(H,7,8,9). The number of hydrogen-bond donors (Lipinski definition) is 2. The van der Waals surface area contributed by atoms with Crippen molar-refractivity contribution in [1.29, 1.82) is 0 Å². The lowest BCUT2D eigenvalue weighted by molar-refractivity contribution is 0.588. The van der Waals surface area contributed by atoms with E-state index in [9.17, 15) is 8.42 Å². The molecule has 0 fully saturated rings. The molecule has 13 heavy (non-hydrogen) atoms. The average molecular weight is 222 g/mol. The molecule has 74 valence electrons. The zero-order chi connectivity index (χ0) is 9.73. The predicted molar refractivity (Wildman–Crippen MR) is 51.2 cm³/mol. The molecule has 8 heteroatoms. The maximum Gasteiger partial charge on any atom is 0.213 e. The smallest absolute Gasteiger partial charge is 0.213 e. The van der Waals surface area contributed by atoms with E-state index in [1.807, 2.05) is 0 Å². The normalized spacial score (nSPS) is 11.5. The van der Waals surface area contributed by atoms with Crippen molar-refractivity contribution in [2.45, 2.75) is 0 Å². The minimum absolute atomic E-state index is 0.0308. The molecule has 1 rings (SSSR count). The molecule has 0 aliphatic rings. The Morgan fingerprint density at radius 1 is 1.62 bits per heavy atom. The molecule has 0 amide bonds. The first-order valence-electron chi connectivity index (χ1n) is 3.56. The van der Waals surface area contributed by atoms with Crippen LogP contribution in [0.25, 0.3) is 0 Å². The predicted octanol–water partition coefficient (Wildman–Crippen LogP) is -0.501. The van der Waals surface area contributed by atoms with Gasteiger partial charge in [0.2, 0.25) is 15.2 Å². The van der Waals surface area contributed by atoms with Crippen LogP contribution in [0, 0.1) is 0 Å². The van der Waals surface area contributed by atoms with Gasteiger partial charge in [0.15, 0.2) is 0 Å². The number of aromatic nitrogens is 2. The van der Waals surface area contributed by atoms with E-state index in [4.69, 9.17) is 0 Å². The number of rotatable bonds is 5. The molecule has 0 aliphatic carbocycles. The zero-order valence-electron chi connectivity index (χ0n) is 7.02. The third kappa shape index (κ3) is 3.66. The van der Waals surface area contributed by atoms with Crippen molar-refractivity contribution in [3.8, 4) is 0 Å².